The zero-order valence-electron chi connectivity index (χ0n) is 12.4. The number of carbonyl (C=O) groups is 2. The van der Waals surface area contributed by atoms with Gasteiger partial charge in [-0.25, -0.2) is 0 Å². The van der Waals surface area contributed by atoms with E-state index in [1.54, 1.807) is 6.92 Å². The number of nitrogens with one attached hydrogen (secondary N) is 2. The van der Waals surface area contributed by atoms with Crippen LogP contribution in [-0.2, 0) is 14.3 Å². The van der Waals surface area contributed by atoms with E-state index >= 15 is 0 Å². The molecule has 1 rings (SSSR count). The summed E-state index contributed by atoms with van der Waals surface area (Å²) in [4.78, 5) is 24.1. The summed E-state index contributed by atoms with van der Waals surface area (Å²) < 4.78 is 5.18. The Hall–Kier alpha value is -1.61. The second-order valence-electron chi connectivity index (χ2n) is 5.64. The Morgan fingerprint density at radius 3 is 2.40 bits per heavy atom. The number of rotatable bonds is 5. The standard InChI is InChI=1S/C14H23N3O3/c1-10(2)8-16-12(18)11(3)17-13(19)14(9-15)4-6-20-7-5-14/h10-11H,4-8H2,1-3H3,(H,16,18)(H,17,19). The van der Waals surface area contributed by atoms with Crippen molar-refractivity contribution in [2.75, 3.05) is 19.8 Å². The van der Waals surface area contributed by atoms with Crippen molar-refractivity contribution in [3.63, 3.8) is 0 Å². The van der Waals surface area contributed by atoms with Gasteiger partial charge in [0.2, 0.25) is 11.8 Å². The molecule has 1 fully saturated rings. The molecule has 1 heterocycles. The Bertz CT molecular complexity index is 395. The first kappa shape index (κ1) is 16.4. The molecule has 0 radical (unpaired) electrons. The molecule has 6 nitrogen and oxygen atoms in total. The first-order chi connectivity index (χ1) is 9.41. The summed E-state index contributed by atoms with van der Waals surface area (Å²) >= 11 is 0. The molecule has 0 aromatic carbocycles. The summed E-state index contributed by atoms with van der Waals surface area (Å²) in [6.07, 6.45) is 0.741. The van der Waals surface area contributed by atoms with Crippen molar-refractivity contribution in [1.29, 1.82) is 5.26 Å². The molecule has 20 heavy (non-hydrogen) atoms. The number of carbonyl (C=O) groups excluding carboxylic acids is 2. The minimum absolute atomic E-state index is 0.229. The van der Waals surface area contributed by atoms with Crippen LogP contribution in [0.4, 0.5) is 0 Å². The van der Waals surface area contributed by atoms with Crippen LogP contribution < -0.4 is 10.6 Å². The molecule has 2 N–H and O–H groups in total. The van der Waals surface area contributed by atoms with Gasteiger partial charge in [-0.15, -0.1) is 0 Å². The molecule has 2 amide bonds. The highest BCUT2D eigenvalue weighted by Gasteiger charge is 2.41. The molecule has 6 heteroatoms. The lowest BCUT2D eigenvalue weighted by atomic mass is 9.80. The van der Waals surface area contributed by atoms with Crippen LogP contribution in [0.1, 0.15) is 33.6 Å². The largest absolute Gasteiger partial charge is 0.381 e. The fourth-order valence-electron chi connectivity index (χ4n) is 1.97. The fraction of sp³-hybridized carbons (Fsp3) is 0.786. The third kappa shape index (κ3) is 4.20. The predicted octanol–water partition coefficient (Wildman–Crippen LogP) is 0.584. The Morgan fingerprint density at radius 2 is 1.90 bits per heavy atom. The lowest BCUT2D eigenvalue weighted by Crippen LogP contribution is -2.51. The van der Waals surface area contributed by atoms with Gasteiger partial charge in [-0.2, -0.15) is 5.26 Å². The van der Waals surface area contributed by atoms with Gasteiger partial charge in [0.15, 0.2) is 0 Å². The molecule has 1 aliphatic rings. The Balaban J connectivity index is 2.56. The monoisotopic (exact) mass is 281 g/mol. The third-order valence-electron chi connectivity index (χ3n) is 3.42. The Kier molecular flexibility index (Phi) is 5.96. The van der Waals surface area contributed by atoms with Gasteiger partial charge >= 0.3 is 0 Å². The van der Waals surface area contributed by atoms with Crippen molar-refractivity contribution in [2.24, 2.45) is 11.3 Å². The van der Waals surface area contributed by atoms with Crippen LogP contribution in [-0.4, -0.2) is 37.6 Å². The van der Waals surface area contributed by atoms with Gasteiger partial charge in [0.05, 0.1) is 6.07 Å². The first-order valence-corrected chi connectivity index (χ1v) is 6.99. The van der Waals surface area contributed by atoms with Gasteiger partial charge in [-0.05, 0) is 25.7 Å². The molecule has 0 aromatic heterocycles. The van der Waals surface area contributed by atoms with Crippen molar-refractivity contribution >= 4 is 11.8 Å². The number of hydrogen-bond donors (Lipinski definition) is 2. The molecular weight excluding hydrogens is 258 g/mol. The first-order valence-electron chi connectivity index (χ1n) is 6.99. The summed E-state index contributed by atoms with van der Waals surface area (Å²) in [5, 5.41) is 14.7. The quantitative estimate of drug-likeness (QED) is 0.771. The molecule has 1 unspecified atom stereocenters. The Labute approximate surface area is 119 Å². The van der Waals surface area contributed by atoms with Gasteiger partial charge < -0.3 is 15.4 Å². The zero-order valence-corrected chi connectivity index (χ0v) is 12.4. The van der Waals surface area contributed by atoms with Crippen LogP contribution >= 0.6 is 0 Å². The van der Waals surface area contributed by atoms with E-state index in [0.717, 1.165) is 0 Å². The maximum absolute atomic E-state index is 12.2. The van der Waals surface area contributed by atoms with Crippen LogP contribution in [0, 0.1) is 22.7 Å². The topological polar surface area (TPSA) is 91.2 Å². The summed E-state index contributed by atoms with van der Waals surface area (Å²) in [7, 11) is 0. The van der Waals surface area contributed by atoms with Crippen molar-refractivity contribution in [3.8, 4) is 6.07 Å². The van der Waals surface area contributed by atoms with E-state index in [1.165, 1.54) is 0 Å². The highest BCUT2D eigenvalue weighted by atomic mass is 16.5. The summed E-state index contributed by atoms with van der Waals surface area (Å²) in [5.74, 6) is -0.259. The second-order valence-corrected chi connectivity index (χ2v) is 5.64. The van der Waals surface area contributed by atoms with Gasteiger partial charge in [-0.3, -0.25) is 9.59 Å². The Morgan fingerprint density at radius 1 is 1.30 bits per heavy atom. The number of hydrogen-bond acceptors (Lipinski definition) is 4. The number of ether oxygens (including phenoxy) is 1. The SMILES string of the molecule is CC(C)CNC(=O)C(C)NC(=O)C1(C#N)CCOCC1. The van der Waals surface area contributed by atoms with E-state index in [0.29, 0.717) is 38.5 Å². The van der Waals surface area contributed by atoms with Crippen LogP contribution in [0.3, 0.4) is 0 Å². The zero-order chi connectivity index (χ0) is 15.2. The van der Waals surface area contributed by atoms with Crippen LogP contribution in [0.25, 0.3) is 0 Å². The van der Waals surface area contributed by atoms with E-state index in [2.05, 4.69) is 16.7 Å². The molecule has 0 bridgehead atoms. The van der Waals surface area contributed by atoms with Crippen LogP contribution in [0.15, 0.2) is 0 Å². The average Bonchev–Trinajstić information content (AvgIpc) is 2.45. The smallest absolute Gasteiger partial charge is 0.242 e. The predicted molar refractivity (Wildman–Crippen MR) is 73.6 cm³/mol. The van der Waals surface area contributed by atoms with Crippen molar-refractivity contribution in [1.82, 2.24) is 10.6 Å². The lowest BCUT2D eigenvalue weighted by Gasteiger charge is -2.30. The highest BCUT2D eigenvalue weighted by Crippen LogP contribution is 2.29. The van der Waals surface area contributed by atoms with Gasteiger partial charge in [0.1, 0.15) is 11.5 Å². The lowest BCUT2D eigenvalue weighted by molar-refractivity contribution is -0.136. The van der Waals surface area contributed by atoms with E-state index in [9.17, 15) is 14.9 Å². The van der Waals surface area contributed by atoms with Gasteiger partial charge in [0.25, 0.3) is 0 Å². The molecule has 0 spiro atoms. The number of amides is 2. The molecule has 1 saturated heterocycles. The summed E-state index contributed by atoms with van der Waals surface area (Å²) in [6, 6.07) is 1.44. The highest BCUT2D eigenvalue weighted by molar-refractivity contribution is 5.91. The minimum Gasteiger partial charge on any atom is -0.381 e. The van der Waals surface area contributed by atoms with E-state index in [4.69, 9.17) is 4.74 Å². The van der Waals surface area contributed by atoms with Crippen molar-refractivity contribution in [3.05, 3.63) is 0 Å². The molecule has 0 aliphatic carbocycles. The summed E-state index contributed by atoms with van der Waals surface area (Å²) in [5.41, 5.74) is -1.06. The third-order valence-corrected chi connectivity index (χ3v) is 3.42. The normalized spacial score (nSPS) is 18.9. The van der Waals surface area contributed by atoms with Crippen molar-refractivity contribution in [2.45, 2.75) is 39.7 Å². The van der Waals surface area contributed by atoms with E-state index < -0.39 is 11.5 Å². The number of nitrogens with zero attached hydrogens (tertiary/aromatic N) is 1. The van der Waals surface area contributed by atoms with Crippen LogP contribution in [0.5, 0.6) is 0 Å². The van der Waals surface area contributed by atoms with E-state index in [-0.39, 0.29) is 11.8 Å². The molecule has 1 aliphatic heterocycles. The average molecular weight is 281 g/mol. The second kappa shape index (κ2) is 7.25. The number of nitriles is 1. The van der Waals surface area contributed by atoms with Crippen LogP contribution in [0.2, 0.25) is 0 Å². The summed E-state index contributed by atoms with van der Waals surface area (Å²) in [6.45, 7) is 6.98. The fourth-order valence-corrected chi connectivity index (χ4v) is 1.97. The molecule has 1 atom stereocenters. The molecule has 0 saturated carbocycles. The molecule has 0 aromatic rings. The maximum atomic E-state index is 12.2. The van der Waals surface area contributed by atoms with Crippen molar-refractivity contribution < 1.29 is 14.3 Å². The van der Waals surface area contributed by atoms with Gasteiger partial charge in [0, 0.05) is 19.8 Å². The molecule has 112 valence electrons. The molecular formula is C14H23N3O3. The van der Waals surface area contributed by atoms with Gasteiger partial charge in [-0.1, -0.05) is 13.8 Å². The van der Waals surface area contributed by atoms with E-state index in [1.807, 2.05) is 13.8 Å². The minimum atomic E-state index is -1.06. The maximum Gasteiger partial charge on any atom is 0.242 e.